The molecule has 0 N–H and O–H groups in total. The Labute approximate surface area is 138 Å². The largest absolute Gasteiger partial charge is 0.250 e. The lowest BCUT2D eigenvalue weighted by Gasteiger charge is -2.27. The molecule has 0 bridgehead atoms. The predicted molar refractivity (Wildman–Crippen MR) is 96.2 cm³/mol. The van der Waals surface area contributed by atoms with Crippen LogP contribution in [0.1, 0.15) is 48.0 Å². The summed E-state index contributed by atoms with van der Waals surface area (Å²) in [7, 11) is -3.77. The Hall–Kier alpha value is -0.140. The molecule has 0 aliphatic heterocycles. The Kier molecular flexibility index (Phi) is 9.17. The molecule has 0 saturated heterocycles. The van der Waals surface area contributed by atoms with Gasteiger partial charge < -0.3 is 0 Å². The highest BCUT2D eigenvalue weighted by Crippen LogP contribution is 2.16. The maximum absolute atomic E-state index is 12.4. The van der Waals surface area contributed by atoms with Gasteiger partial charge in [0.15, 0.2) is 0 Å². The summed E-state index contributed by atoms with van der Waals surface area (Å²) in [5, 5.41) is -0.410. The van der Waals surface area contributed by atoms with Gasteiger partial charge in [-0.2, -0.15) is 0 Å². The Morgan fingerprint density at radius 3 is 1.95 bits per heavy atom. The third kappa shape index (κ3) is 6.96. The van der Waals surface area contributed by atoms with Crippen LogP contribution in [0.15, 0.2) is 4.36 Å². The monoisotopic (exact) mass is 354 g/mol. The summed E-state index contributed by atoms with van der Waals surface area (Å²) >= 11 is 0. The first-order chi connectivity index (χ1) is 9.98. The van der Waals surface area contributed by atoms with Crippen LogP contribution in [0.4, 0.5) is 0 Å². The molecule has 2 unspecified atom stereocenters. The fraction of sp³-hybridized carbons (Fsp3) is 1.00. The zero-order chi connectivity index (χ0) is 17.6. The van der Waals surface area contributed by atoms with Gasteiger partial charge in [-0.3, -0.25) is 0 Å². The van der Waals surface area contributed by atoms with Crippen molar-refractivity contribution in [1.29, 1.82) is 0 Å². The highest BCUT2D eigenvalue weighted by Gasteiger charge is 2.26. The third-order valence-electron chi connectivity index (χ3n) is 3.72. The number of nitrogens with zero attached hydrogens (tertiary/aromatic N) is 2. The van der Waals surface area contributed by atoms with E-state index in [1.54, 1.807) is 25.2 Å². The fourth-order valence-corrected chi connectivity index (χ4v) is 5.40. The molecule has 7 heteroatoms. The minimum absolute atomic E-state index is 0.188. The van der Waals surface area contributed by atoms with Crippen molar-refractivity contribution < 1.29 is 12.6 Å². The molecule has 0 rings (SSSR count). The second kappa shape index (κ2) is 9.23. The van der Waals surface area contributed by atoms with Crippen molar-refractivity contribution in [3.63, 3.8) is 0 Å². The quantitative estimate of drug-likeness (QED) is 0.606. The van der Waals surface area contributed by atoms with E-state index >= 15 is 0 Å². The molecule has 134 valence electrons. The van der Waals surface area contributed by atoms with Crippen LogP contribution in [0.2, 0.25) is 0 Å². The Balaban J connectivity index is 4.89. The van der Waals surface area contributed by atoms with Crippen LogP contribution in [0.5, 0.6) is 0 Å². The lowest BCUT2D eigenvalue weighted by Crippen LogP contribution is -2.40. The van der Waals surface area contributed by atoms with Crippen molar-refractivity contribution in [1.82, 2.24) is 4.31 Å². The van der Waals surface area contributed by atoms with E-state index in [-0.39, 0.29) is 11.8 Å². The Bertz CT molecular complexity index is 533. The smallest absolute Gasteiger partial charge is 0.216 e. The molecular formula is C15H34N2O3S2. The van der Waals surface area contributed by atoms with E-state index < -0.39 is 25.0 Å². The van der Waals surface area contributed by atoms with Crippen LogP contribution in [-0.4, -0.2) is 53.8 Å². The summed E-state index contributed by atoms with van der Waals surface area (Å²) in [5.41, 5.74) is 0. The van der Waals surface area contributed by atoms with Crippen LogP contribution in [-0.2, 0) is 19.8 Å². The molecule has 0 aromatic heterocycles. The van der Waals surface area contributed by atoms with Crippen LogP contribution >= 0.6 is 0 Å². The zero-order valence-electron chi connectivity index (χ0n) is 15.2. The van der Waals surface area contributed by atoms with E-state index in [1.165, 1.54) is 0 Å². The molecule has 0 spiro atoms. The van der Waals surface area contributed by atoms with Gasteiger partial charge in [0, 0.05) is 41.4 Å². The highest BCUT2D eigenvalue weighted by molar-refractivity contribution is 7.93. The Morgan fingerprint density at radius 1 is 1.05 bits per heavy atom. The second-order valence-corrected chi connectivity index (χ2v) is 12.0. The van der Waals surface area contributed by atoms with E-state index in [1.807, 2.05) is 27.7 Å². The molecule has 22 heavy (non-hydrogen) atoms. The molecule has 0 radical (unpaired) electrons. The van der Waals surface area contributed by atoms with Gasteiger partial charge in [0.25, 0.3) is 0 Å². The lowest BCUT2D eigenvalue weighted by molar-refractivity contribution is 0.343. The van der Waals surface area contributed by atoms with Crippen molar-refractivity contribution in [2.45, 2.75) is 53.2 Å². The first-order valence-corrected chi connectivity index (χ1v) is 11.4. The summed E-state index contributed by atoms with van der Waals surface area (Å²) in [5.74, 6) is 1.56. The molecule has 2 atom stereocenters. The Morgan fingerprint density at radius 2 is 1.59 bits per heavy atom. The first-order valence-electron chi connectivity index (χ1n) is 8.08. The minimum Gasteiger partial charge on any atom is -0.250 e. The predicted octanol–water partition coefficient (Wildman–Crippen LogP) is 2.83. The summed E-state index contributed by atoms with van der Waals surface area (Å²) in [4.78, 5) is 0. The van der Waals surface area contributed by atoms with Gasteiger partial charge in [-0.15, -0.1) is 0 Å². The van der Waals surface area contributed by atoms with Crippen LogP contribution in [0.3, 0.4) is 0 Å². The molecule has 0 aliphatic rings. The second-order valence-electron chi connectivity index (χ2n) is 6.65. The molecule has 0 heterocycles. The van der Waals surface area contributed by atoms with E-state index in [0.717, 1.165) is 0 Å². The molecule has 5 nitrogen and oxygen atoms in total. The van der Waals surface area contributed by atoms with Crippen molar-refractivity contribution in [3.05, 3.63) is 0 Å². The molecule has 0 fully saturated rings. The van der Waals surface area contributed by atoms with E-state index in [0.29, 0.717) is 31.0 Å². The van der Waals surface area contributed by atoms with Gasteiger partial charge in [-0.1, -0.05) is 27.7 Å². The summed E-state index contributed by atoms with van der Waals surface area (Å²) in [6, 6.07) is 0. The van der Waals surface area contributed by atoms with Crippen molar-refractivity contribution in [2.24, 2.45) is 16.2 Å². The molecule has 0 saturated carbocycles. The van der Waals surface area contributed by atoms with Crippen molar-refractivity contribution in [3.8, 4) is 0 Å². The topological polar surface area (TPSA) is 66.8 Å². The van der Waals surface area contributed by atoms with Crippen LogP contribution in [0, 0.1) is 11.8 Å². The van der Waals surface area contributed by atoms with Gasteiger partial charge in [0.2, 0.25) is 10.0 Å². The highest BCUT2D eigenvalue weighted by atomic mass is 32.2. The van der Waals surface area contributed by atoms with Gasteiger partial charge in [0.05, 0.1) is 5.25 Å². The summed E-state index contributed by atoms with van der Waals surface area (Å²) in [6.07, 6.45) is 0.713. The lowest BCUT2D eigenvalue weighted by atomic mass is 10.1. The van der Waals surface area contributed by atoms with Crippen LogP contribution < -0.4 is 0 Å². The number of sulfonamides is 1. The van der Waals surface area contributed by atoms with E-state index in [4.69, 9.17) is 0 Å². The van der Waals surface area contributed by atoms with Gasteiger partial charge >= 0.3 is 0 Å². The number of hydrogen-bond donors (Lipinski definition) is 0. The minimum atomic E-state index is -3.25. The molecule has 0 aromatic carbocycles. The summed E-state index contributed by atoms with van der Waals surface area (Å²) < 4.78 is 42.8. The normalized spacial score (nSPS) is 17.0. The van der Waals surface area contributed by atoms with Crippen molar-refractivity contribution >= 4 is 19.8 Å². The van der Waals surface area contributed by atoms with Crippen LogP contribution in [0.25, 0.3) is 0 Å². The molecule has 0 aliphatic carbocycles. The molecule has 0 amide bonds. The SMILES string of the molecule is CCS(=O)(CC(C)CCN(CC(C)C)S(=O)(=O)C(C)C)=NC. The maximum Gasteiger partial charge on any atom is 0.216 e. The first kappa shape index (κ1) is 21.9. The standard InChI is InChI=1S/C15H34N2O3S2/c1-8-21(18,16-7)12-15(6)9-10-17(11-13(2)3)22(19,20)14(4)5/h13-15H,8-12H2,1-7H3. The van der Waals surface area contributed by atoms with Gasteiger partial charge in [-0.05, 0) is 32.1 Å². The molecule has 0 aromatic rings. The third-order valence-corrected chi connectivity index (χ3v) is 8.62. The fourth-order valence-electron chi connectivity index (χ4n) is 2.24. The number of rotatable bonds is 10. The zero-order valence-corrected chi connectivity index (χ0v) is 16.8. The molecular weight excluding hydrogens is 320 g/mol. The maximum atomic E-state index is 12.4. The van der Waals surface area contributed by atoms with Gasteiger partial charge in [0.1, 0.15) is 0 Å². The van der Waals surface area contributed by atoms with E-state index in [2.05, 4.69) is 4.36 Å². The van der Waals surface area contributed by atoms with E-state index in [9.17, 15) is 12.6 Å². The van der Waals surface area contributed by atoms with Gasteiger partial charge in [-0.25, -0.2) is 21.3 Å². The summed E-state index contributed by atoms with van der Waals surface area (Å²) in [6.45, 7) is 12.4. The van der Waals surface area contributed by atoms with Crippen molar-refractivity contribution in [2.75, 3.05) is 31.6 Å². The number of hydrogen-bond acceptors (Lipinski definition) is 4. The average Bonchev–Trinajstić information content (AvgIpc) is 2.42. The average molecular weight is 355 g/mol.